The van der Waals surface area contributed by atoms with Gasteiger partial charge in [-0.1, -0.05) is 48.3 Å². The normalized spacial score (nSPS) is 10.4. The van der Waals surface area contributed by atoms with Gasteiger partial charge in [0.1, 0.15) is 5.75 Å². The van der Waals surface area contributed by atoms with Gasteiger partial charge >= 0.3 is 0 Å². The molecule has 2 aromatic carbocycles. The Morgan fingerprint density at radius 3 is 2.44 bits per heavy atom. The Hall–Kier alpha value is -1.38. The number of hydrogen-bond acceptors (Lipinski definition) is 2. The summed E-state index contributed by atoms with van der Waals surface area (Å²) >= 11 is 11.8. The van der Waals surface area contributed by atoms with E-state index in [2.05, 4.69) is 6.92 Å². The van der Waals surface area contributed by atoms with E-state index >= 15 is 0 Å². The number of benzene rings is 2. The van der Waals surface area contributed by atoms with Crippen LogP contribution >= 0.6 is 23.2 Å². The van der Waals surface area contributed by atoms with Crippen LogP contribution in [0.15, 0.2) is 36.4 Å². The minimum absolute atomic E-state index is 0.422. The van der Waals surface area contributed by atoms with Crippen molar-refractivity contribution in [3.63, 3.8) is 0 Å². The first kappa shape index (κ1) is 13.1. The van der Waals surface area contributed by atoms with Crippen molar-refractivity contribution >= 4 is 28.9 Å². The van der Waals surface area contributed by atoms with Crippen LogP contribution in [-0.2, 0) is 6.42 Å². The van der Waals surface area contributed by atoms with Crippen molar-refractivity contribution < 1.29 is 4.74 Å². The standard InChI is InChI=1S/C14H13Cl2NO/c1-2-9-5-3-4-6-13(9)18-14-8-11(16)10(15)7-12(14)17/h3-8H,2,17H2,1H3. The van der Waals surface area contributed by atoms with Gasteiger partial charge in [0.05, 0.1) is 15.7 Å². The number of hydrogen-bond donors (Lipinski definition) is 1. The molecule has 0 saturated heterocycles. The molecule has 94 valence electrons. The first-order chi connectivity index (χ1) is 8.61. The fourth-order valence-corrected chi connectivity index (χ4v) is 1.97. The van der Waals surface area contributed by atoms with E-state index in [0.29, 0.717) is 21.5 Å². The average Bonchev–Trinajstić information content (AvgIpc) is 2.36. The van der Waals surface area contributed by atoms with E-state index in [1.54, 1.807) is 12.1 Å². The van der Waals surface area contributed by atoms with Crippen molar-refractivity contribution in [1.82, 2.24) is 0 Å². The van der Waals surface area contributed by atoms with Crippen LogP contribution in [0.4, 0.5) is 5.69 Å². The number of para-hydroxylation sites is 1. The molecule has 0 aromatic heterocycles. The van der Waals surface area contributed by atoms with Gasteiger partial charge in [0.2, 0.25) is 0 Å². The van der Waals surface area contributed by atoms with Gasteiger partial charge in [0.25, 0.3) is 0 Å². The molecule has 2 nitrogen and oxygen atoms in total. The maximum Gasteiger partial charge on any atom is 0.151 e. The number of nitrogens with two attached hydrogens (primary N) is 1. The molecule has 0 fully saturated rings. The second kappa shape index (κ2) is 5.51. The number of aryl methyl sites for hydroxylation is 1. The lowest BCUT2D eigenvalue weighted by Crippen LogP contribution is -1.95. The van der Waals surface area contributed by atoms with Gasteiger partial charge in [-0.2, -0.15) is 0 Å². The molecule has 0 aliphatic heterocycles. The van der Waals surface area contributed by atoms with Crippen molar-refractivity contribution in [3.05, 3.63) is 52.0 Å². The molecule has 0 spiro atoms. The van der Waals surface area contributed by atoms with Crippen LogP contribution in [0.1, 0.15) is 12.5 Å². The number of ether oxygens (including phenoxy) is 1. The molecule has 0 radical (unpaired) electrons. The molecule has 0 aliphatic rings. The Morgan fingerprint density at radius 1 is 1.06 bits per heavy atom. The largest absolute Gasteiger partial charge is 0.455 e. The van der Waals surface area contributed by atoms with E-state index in [4.69, 9.17) is 33.7 Å². The third-order valence-electron chi connectivity index (χ3n) is 2.63. The van der Waals surface area contributed by atoms with Gasteiger partial charge in [-0.15, -0.1) is 0 Å². The summed E-state index contributed by atoms with van der Waals surface area (Å²) in [5.41, 5.74) is 7.44. The van der Waals surface area contributed by atoms with E-state index in [1.165, 1.54) is 0 Å². The molecule has 2 rings (SSSR count). The van der Waals surface area contributed by atoms with Crippen LogP contribution in [-0.4, -0.2) is 0 Å². The first-order valence-electron chi connectivity index (χ1n) is 5.62. The Labute approximate surface area is 116 Å². The number of nitrogen functional groups attached to an aromatic ring is 1. The highest BCUT2D eigenvalue weighted by molar-refractivity contribution is 6.42. The van der Waals surface area contributed by atoms with Gasteiger partial charge in [-0.3, -0.25) is 0 Å². The van der Waals surface area contributed by atoms with Crippen molar-refractivity contribution in [3.8, 4) is 11.5 Å². The molecule has 2 N–H and O–H groups in total. The molecule has 18 heavy (non-hydrogen) atoms. The number of halogens is 2. The van der Waals surface area contributed by atoms with Gasteiger partial charge in [0, 0.05) is 6.07 Å². The third kappa shape index (κ3) is 2.71. The minimum atomic E-state index is 0.422. The Bertz CT molecular complexity index is 570. The maximum atomic E-state index is 5.96. The summed E-state index contributed by atoms with van der Waals surface area (Å²) in [5.74, 6) is 1.30. The Morgan fingerprint density at radius 2 is 1.72 bits per heavy atom. The molecule has 0 unspecified atom stereocenters. The maximum absolute atomic E-state index is 5.96. The van der Waals surface area contributed by atoms with E-state index in [0.717, 1.165) is 17.7 Å². The smallest absolute Gasteiger partial charge is 0.151 e. The zero-order chi connectivity index (χ0) is 13.1. The predicted octanol–water partition coefficient (Wildman–Crippen LogP) is 4.93. The Kier molecular flexibility index (Phi) is 4.00. The van der Waals surface area contributed by atoms with E-state index in [1.807, 2.05) is 24.3 Å². The van der Waals surface area contributed by atoms with Gasteiger partial charge in [-0.05, 0) is 24.1 Å². The third-order valence-corrected chi connectivity index (χ3v) is 3.35. The lowest BCUT2D eigenvalue weighted by Gasteiger charge is -2.12. The van der Waals surface area contributed by atoms with Crippen LogP contribution < -0.4 is 10.5 Å². The molecular weight excluding hydrogens is 269 g/mol. The molecule has 0 heterocycles. The predicted molar refractivity (Wildman–Crippen MR) is 76.8 cm³/mol. The van der Waals surface area contributed by atoms with Crippen LogP contribution in [0.3, 0.4) is 0 Å². The summed E-state index contributed by atoms with van der Waals surface area (Å²) in [6.07, 6.45) is 0.886. The molecule has 0 atom stereocenters. The highest BCUT2D eigenvalue weighted by atomic mass is 35.5. The lowest BCUT2D eigenvalue weighted by atomic mass is 10.1. The zero-order valence-electron chi connectivity index (χ0n) is 9.91. The second-order valence-corrected chi connectivity index (χ2v) is 4.68. The second-order valence-electron chi connectivity index (χ2n) is 3.87. The van der Waals surface area contributed by atoms with Crippen molar-refractivity contribution in [2.45, 2.75) is 13.3 Å². The summed E-state index contributed by atoms with van der Waals surface area (Å²) in [6, 6.07) is 11.0. The fraction of sp³-hybridized carbons (Fsp3) is 0.143. The van der Waals surface area contributed by atoms with Crippen molar-refractivity contribution in [2.24, 2.45) is 0 Å². The molecule has 0 bridgehead atoms. The summed E-state index contributed by atoms with van der Waals surface area (Å²) in [7, 11) is 0. The van der Waals surface area contributed by atoms with Gasteiger partial charge < -0.3 is 10.5 Å². The summed E-state index contributed by atoms with van der Waals surface area (Å²) in [4.78, 5) is 0. The van der Waals surface area contributed by atoms with Crippen LogP contribution in [0, 0.1) is 0 Å². The van der Waals surface area contributed by atoms with Crippen molar-refractivity contribution in [1.29, 1.82) is 0 Å². The topological polar surface area (TPSA) is 35.2 Å². The molecule has 0 amide bonds. The average molecular weight is 282 g/mol. The quantitative estimate of drug-likeness (QED) is 0.810. The molecule has 4 heteroatoms. The van der Waals surface area contributed by atoms with E-state index in [9.17, 15) is 0 Å². The number of rotatable bonds is 3. The summed E-state index contributed by atoms with van der Waals surface area (Å²) in [6.45, 7) is 2.07. The molecule has 0 saturated carbocycles. The monoisotopic (exact) mass is 281 g/mol. The fourth-order valence-electron chi connectivity index (χ4n) is 1.65. The van der Waals surface area contributed by atoms with Crippen LogP contribution in [0.5, 0.6) is 11.5 Å². The van der Waals surface area contributed by atoms with Crippen LogP contribution in [0.2, 0.25) is 10.0 Å². The van der Waals surface area contributed by atoms with E-state index < -0.39 is 0 Å². The van der Waals surface area contributed by atoms with Gasteiger partial charge in [0.15, 0.2) is 5.75 Å². The van der Waals surface area contributed by atoms with Gasteiger partial charge in [-0.25, -0.2) is 0 Å². The zero-order valence-corrected chi connectivity index (χ0v) is 11.4. The SMILES string of the molecule is CCc1ccccc1Oc1cc(Cl)c(Cl)cc1N. The summed E-state index contributed by atoms with van der Waals surface area (Å²) in [5, 5.41) is 0.847. The molecule has 2 aromatic rings. The van der Waals surface area contributed by atoms with Crippen LogP contribution in [0.25, 0.3) is 0 Å². The minimum Gasteiger partial charge on any atom is -0.455 e. The number of anilines is 1. The van der Waals surface area contributed by atoms with Crippen molar-refractivity contribution in [2.75, 3.05) is 5.73 Å². The Balaban J connectivity index is 2.37. The molecule has 0 aliphatic carbocycles. The lowest BCUT2D eigenvalue weighted by molar-refractivity contribution is 0.479. The molecular formula is C14H13Cl2NO. The summed E-state index contributed by atoms with van der Waals surface area (Å²) < 4.78 is 5.80. The highest BCUT2D eigenvalue weighted by Gasteiger charge is 2.09. The first-order valence-corrected chi connectivity index (χ1v) is 6.37. The highest BCUT2D eigenvalue weighted by Crippen LogP contribution is 2.36. The van der Waals surface area contributed by atoms with E-state index in [-0.39, 0.29) is 0 Å².